The van der Waals surface area contributed by atoms with Crippen molar-refractivity contribution < 1.29 is 19.4 Å². The molecule has 0 radical (unpaired) electrons. The van der Waals surface area contributed by atoms with Gasteiger partial charge in [-0.2, -0.15) is 0 Å². The number of amides is 1. The summed E-state index contributed by atoms with van der Waals surface area (Å²) < 4.78 is 6.53. The zero-order chi connectivity index (χ0) is 19.7. The molecular weight excluding hydrogens is 422 g/mol. The summed E-state index contributed by atoms with van der Waals surface area (Å²) in [5.41, 5.74) is 1.40. The average molecular weight is 442 g/mol. The average Bonchev–Trinajstić information content (AvgIpc) is 3.30. The first kappa shape index (κ1) is 18.9. The van der Waals surface area contributed by atoms with Crippen LogP contribution in [0.3, 0.4) is 0 Å². The van der Waals surface area contributed by atoms with Crippen molar-refractivity contribution in [3.63, 3.8) is 0 Å². The summed E-state index contributed by atoms with van der Waals surface area (Å²) in [7, 11) is 0. The zero-order valence-electron chi connectivity index (χ0n) is 15.2. The monoisotopic (exact) mass is 441 g/mol. The molecule has 2 aliphatic rings. The van der Waals surface area contributed by atoms with Gasteiger partial charge in [-0.05, 0) is 30.5 Å². The van der Waals surface area contributed by atoms with Gasteiger partial charge in [0.05, 0.1) is 17.7 Å². The van der Waals surface area contributed by atoms with Crippen LogP contribution in [0.2, 0.25) is 0 Å². The van der Waals surface area contributed by atoms with E-state index >= 15 is 0 Å². The highest BCUT2D eigenvalue weighted by atomic mass is 79.9. The molecule has 2 atom stereocenters. The van der Waals surface area contributed by atoms with Gasteiger partial charge in [0.2, 0.25) is 0 Å². The molecule has 2 aromatic rings. The van der Waals surface area contributed by atoms with Crippen LogP contribution in [0.25, 0.3) is 5.76 Å². The Morgan fingerprint density at radius 2 is 1.93 bits per heavy atom. The van der Waals surface area contributed by atoms with Gasteiger partial charge in [-0.1, -0.05) is 58.4 Å². The molecule has 2 aromatic carbocycles. The number of aliphatic hydroxyl groups is 1. The minimum Gasteiger partial charge on any atom is -0.507 e. The Hall–Kier alpha value is -2.44. The Morgan fingerprint density at radius 1 is 1.14 bits per heavy atom. The maximum Gasteiger partial charge on any atom is 0.295 e. The van der Waals surface area contributed by atoms with E-state index in [4.69, 9.17) is 4.74 Å². The highest BCUT2D eigenvalue weighted by molar-refractivity contribution is 9.10. The van der Waals surface area contributed by atoms with Crippen LogP contribution in [0.5, 0.6) is 0 Å². The maximum atomic E-state index is 12.9. The van der Waals surface area contributed by atoms with Gasteiger partial charge in [0.15, 0.2) is 0 Å². The molecule has 5 nitrogen and oxygen atoms in total. The smallest absolute Gasteiger partial charge is 0.295 e. The number of aliphatic hydroxyl groups excluding tert-OH is 1. The van der Waals surface area contributed by atoms with Crippen LogP contribution in [0, 0.1) is 0 Å². The first-order valence-electron chi connectivity index (χ1n) is 9.27. The Balaban J connectivity index is 1.83. The van der Waals surface area contributed by atoms with E-state index in [1.54, 1.807) is 24.3 Å². The van der Waals surface area contributed by atoms with E-state index < -0.39 is 17.7 Å². The molecular formula is C22H20BrNO4. The fourth-order valence-electron chi connectivity index (χ4n) is 3.85. The molecule has 6 heteroatoms. The molecule has 1 N–H and O–H groups in total. The van der Waals surface area contributed by atoms with Crippen molar-refractivity contribution in [1.82, 2.24) is 4.90 Å². The molecule has 2 aliphatic heterocycles. The van der Waals surface area contributed by atoms with Crippen LogP contribution < -0.4 is 0 Å². The number of hydrogen-bond donors (Lipinski definition) is 1. The van der Waals surface area contributed by atoms with E-state index in [9.17, 15) is 14.7 Å². The predicted octanol–water partition coefficient (Wildman–Crippen LogP) is 4.05. The number of halogens is 1. The lowest BCUT2D eigenvalue weighted by molar-refractivity contribution is -0.140. The minimum absolute atomic E-state index is 0.0929. The molecule has 28 heavy (non-hydrogen) atoms. The fourth-order valence-corrected chi connectivity index (χ4v) is 4.27. The highest BCUT2D eigenvalue weighted by Gasteiger charge is 2.47. The van der Waals surface area contributed by atoms with E-state index in [1.807, 2.05) is 30.3 Å². The second-order valence-corrected chi connectivity index (χ2v) is 7.92. The summed E-state index contributed by atoms with van der Waals surface area (Å²) in [6.07, 6.45) is 1.71. The summed E-state index contributed by atoms with van der Waals surface area (Å²) >= 11 is 3.46. The van der Waals surface area contributed by atoms with Crippen LogP contribution >= 0.6 is 15.9 Å². The number of benzene rings is 2. The van der Waals surface area contributed by atoms with E-state index in [2.05, 4.69) is 15.9 Å². The molecule has 144 valence electrons. The molecule has 2 heterocycles. The third-order valence-corrected chi connectivity index (χ3v) is 5.67. The van der Waals surface area contributed by atoms with Crippen molar-refractivity contribution in [2.45, 2.75) is 25.0 Å². The van der Waals surface area contributed by atoms with Crippen molar-refractivity contribution in [3.8, 4) is 0 Å². The van der Waals surface area contributed by atoms with Crippen LogP contribution in [-0.4, -0.2) is 41.0 Å². The summed E-state index contributed by atoms with van der Waals surface area (Å²) in [5, 5.41) is 10.9. The lowest BCUT2D eigenvalue weighted by Crippen LogP contribution is -2.36. The van der Waals surface area contributed by atoms with Gasteiger partial charge >= 0.3 is 0 Å². The quantitative estimate of drug-likeness (QED) is 0.441. The molecule has 0 aliphatic carbocycles. The van der Waals surface area contributed by atoms with Crippen molar-refractivity contribution in [2.24, 2.45) is 0 Å². The number of hydrogen-bond acceptors (Lipinski definition) is 4. The number of Topliss-reactive ketones (excluding diaryl/α,β-unsaturated/α-hetero) is 1. The Bertz CT molecular complexity index is 935. The summed E-state index contributed by atoms with van der Waals surface area (Å²) in [6, 6.07) is 15.7. The third kappa shape index (κ3) is 3.50. The van der Waals surface area contributed by atoms with Gasteiger partial charge in [0.1, 0.15) is 5.76 Å². The van der Waals surface area contributed by atoms with Crippen LogP contribution in [-0.2, 0) is 14.3 Å². The van der Waals surface area contributed by atoms with E-state index in [-0.39, 0.29) is 17.4 Å². The Morgan fingerprint density at radius 3 is 2.61 bits per heavy atom. The van der Waals surface area contributed by atoms with E-state index in [1.165, 1.54) is 4.90 Å². The first-order chi connectivity index (χ1) is 13.6. The number of rotatable bonds is 4. The van der Waals surface area contributed by atoms with Crippen molar-refractivity contribution in [3.05, 3.63) is 75.8 Å². The molecule has 2 saturated heterocycles. The second-order valence-electron chi connectivity index (χ2n) is 7.01. The van der Waals surface area contributed by atoms with Crippen molar-refractivity contribution in [2.75, 3.05) is 13.2 Å². The molecule has 4 rings (SSSR count). The number of ether oxygens (including phenoxy) is 1. The Kier molecular flexibility index (Phi) is 5.33. The number of likely N-dealkylation sites (tertiary alicyclic amines) is 1. The van der Waals surface area contributed by atoms with Gasteiger partial charge < -0.3 is 14.7 Å². The van der Waals surface area contributed by atoms with Crippen LogP contribution in [0.1, 0.15) is 30.0 Å². The predicted molar refractivity (Wildman–Crippen MR) is 109 cm³/mol. The molecule has 0 spiro atoms. The third-order valence-electron chi connectivity index (χ3n) is 5.18. The molecule has 0 saturated carbocycles. The molecule has 0 aromatic heterocycles. The maximum absolute atomic E-state index is 12.9. The fraction of sp³-hybridized carbons (Fsp3) is 0.273. The highest BCUT2D eigenvalue weighted by Crippen LogP contribution is 2.40. The number of carbonyl (C=O) groups excluding carboxylic acids is 2. The normalized spacial score (nSPS) is 24.1. The minimum atomic E-state index is -0.663. The number of ketones is 1. The zero-order valence-corrected chi connectivity index (χ0v) is 16.8. The van der Waals surface area contributed by atoms with Gasteiger partial charge in [-0.15, -0.1) is 0 Å². The lowest BCUT2D eigenvalue weighted by atomic mass is 9.95. The van der Waals surface area contributed by atoms with Gasteiger partial charge in [-0.25, -0.2) is 0 Å². The van der Waals surface area contributed by atoms with Gasteiger partial charge in [0.25, 0.3) is 11.7 Å². The topological polar surface area (TPSA) is 66.8 Å². The standard InChI is InChI=1S/C22H20BrNO4/c23-16-9-4-8-15(12-16)19-18(20(25)14-6-2-1-3-7-14)21(26)22(27)24(19)13-17-10-5-11-28-17/h1-4,6-9,12,17,19,25H,5,10-11,13H2. The summed E-state index contributed by atoms with van der Waals surface area (Å²) in [4.78, 5) is 27.3. The molecule has 2 unspecified atom stereocenters. The molecule has 2 fully saturated rings. The second kappa shape index (κ2) is 7.89. The molecule has 1 amide bonds. The lowest BCUT2D eigenvalue weighted by Gasteiger charge is -2.27. The van der Waals surface area contributed by atoms with Gasteiger partial charge in [-0.3, -0.25) is 9.59 Å². The van der Waals surface area contributed by atoms with Crippen molar-refractivity contribution in [1.29, 1.82) is 0 Å². The summed E-state index contributed by atoms with van der Waals surface area (Å²) in [6.45, 7) is 0.994. The number of carbonyl (C=O) groups is 2. The van der Waals surface area contributed by atoms with E-state index in [0.717, 1.165) is 22.9 Å². The van der Waals surface area contributed by atoms with Crippen molar-refractivity contribution >= 4 is 33.4 Å². The largest absolute Gasteiger partial charge is 0.507 e. The van der Waals surface area contributed by atoms with Crippen LogP contribution in [0.4, 0.5) is 0 Å². The molecule has 0 bridgehead atoms. The Labute approximate surface area is 171 Å². The first-order valence-corrected chi connectivity index (χ1v) is 10.1. The number of nitrogens with zero attached hydrogens (tertiary/aromatic N) is 1. The SMILES string of the molecule is O=C1C(=O)N(CC2CCCO2)C(c2cccc(Br)c2)C1=C(O)c1ccccc1. The van der Waals surface area contributed by atoms with E-state index in [0.29, 0.717) is 18.7 Å². The van der Waals surface area contributed by atoms with Gasteiger partial charge in [0, 0.05) is 23.2 Å². The van der Waals surface area contributed by atoms with Crippen LogP contribution in [0.15, 0.2) is 64.6 Å². The summed E-state index contributed by atoms with van der Waals surface area (Å²) in [5.74, 6) is -1.42.